The van der Waals surface area contributed by atoms with Gasteiger partial charge in [0.25, 0.3) is 11.8 Å². The predicted octanol–water partition coefficient (Wildman–Crippen LogP) is 1.67. The van der Waals surface area contributed by atoms with Crippen LogP contribution in [0, 0.1) is 0 Å². The zero-order valence-electron chi connectivity index (χ0n) is 13.8. The lowest BCUT2D eigenvalue weighted by molar-refractivity contribution is -0.132. The highest BCUT2D eigenvalue weighted by molar-refractivity contribution is 6.09. The summed E-state index contributed by atoms with van der Waals surface area (Å²) in [6.07, 6.45) is 1.52. The molecule has 2 heterocycles. The molecule has 1 saturated heterocycles. The van der Waals surface area contributed by atoms with Gasteiger partial charge in [0.2, 0.25) is 0 Å². The average Bonchev–Trinajstić information content (AvgIpc) is 3.20. The van der Waals surface area contributed by atoms with E-state index >= 15 is 0 Å². The molecule has 26 heavy (non-hydrogen) atoms. The molecule has 1 aromatic heterocycles. The fourth-order valence-corrected chi connectivity index (χ4v) is 2.95. The van der Waals surface area contributed by atoms with Crippen LogP contribution in [-0.2, 0) is 10.3 Å². The molecule has 0 aliphatic carbocycles. The highest BCUT2D eigenvalue weighted by Gasteiger charge is 2.50. The Morgan fingerprint density at radius 1 is 1.15 bits per heavy atom. The van der Waals surface area contributed by atoms with E-state index in [-0.39, 0.29) is 0 Å². The molecule has 0 saturated carbocycles. The molecule has 0 radical (unpaired) electrons. The Kier molecular flexibility index (Phi) is 3.47. The van der Waals surface area contributed by atoms with Gasteiger partial charge in [-0.25, -0.2) is 9.78 Å². The topological polar surface area (TPSA) is 107 Å². The number of fused-ring (bicyclic) bond motifs is 1. The minimum Gasteiger partial charge on any atom is -0.345 e. The summed E-state index contributed by atoms with van der Waals surface area (Å²) in [5.41, 5.74) is 3.47. The van der Waals surface area contributed by atoms with Gasteiger partial charge in [-0.3, -0.25) is 15.0 Å². The number of nitrogens with zero attached hydrogens (tertiary/aromatic N) is 2. The van der Waals surface area contributed by atoms with E-state index in [9.17, 15) is 14.4 Å². The molecule has 3 aromatic rings. The third-order valence-electron chi connectivity index (χ3n) is 4.44. The van der Waals surface area contributed by atoms with Gasteiger partial charge < -0.3 is 10.3 Å². The maximum atomic E-state index is 12.8. The molecule has 1 fully saturated rings. The van der Waals surface area contributed by atoms with Crippen LogP contribution in [-0.4, -0.2) is 32.8 Å². The number of hydrogen-bond acceptors (Lipinski definition) is 4. The quantitative estimate of drug-likeness (QED) is 0.625. The Hall–Kier alpha value is -3.68. The van der Waals surface area contributed by atoms with E-state index in [4.69, 9.17) is 0 Å². The van der Waals surface area contributed by atoms with Crippen molar-refractivity contribution < 1.29 is 14.4 Å². The number of rotatable bonds is 3. The predicted molar refractivity (Wildman–Crippen MR) is 92.7 cm³/mol. The molecule has 8 nitrogen and oxygen atoms in total. The molecule has 0 spiro atoms. The lowest BCUT2D eigenvalue weighted by atomic mass is 9.92. The van der Waals surface area contributed by atoms with Crippen molar-refractivity contribution in [1.82, 2.24) is 25.7 Å². The largest absolute Gasteiger partial charge is 0.345 e. The van der Waals surface area contributed by atoms with Crippen LogP contribution in [0.25, 0.3) is 11.0 Å². The summed E-state index contributed by atoms with van der Waals surface area (Å²) in [6.45, 7) is 1.60. The van der Waals surface area contributed by atoms with Crippen molar-refractivity contribution in [2.45, 2.75) is 12.5 Å². The van der Waals surface area contributed by atoms with Crippen molar-refractivity contribution in [3.8, 4) is 0 Å². The minimum absolute atomic E-state index is 0.302. The van der Waals surface area contributed by atoms with Crippen LogP contribution in [0.5, 0.6) is 0 Å². The summed E-state index contributed by atoms with van der Waals surface area (Å²) in [6, 6.07) is 13.0. The number of nitrogens with one attached hydrogen (secondary N) is 3. The summed E-state index contributed by atoms with van der Waals surface area (Å²) in [5.74, 6) is -1.12. The first-order valence-corrected chi connectivity index (χ1v) is 7.95. The van der Waals surface area contributed by atoms with Gasteiger partial charge >= 0.3 is 6.03 Å². The molecule has 4 rings (SSSR count). The molecular formula is C18H15N5O3. The number of carbonyl (C=O) groups is 3. The second-order valence-electron chi connectivity index (χ2n) is 6.14. The third-order valence-corrected chi connectivity index (χ3v) is 4.44. The zero-order valence-corrected chi connectivity index (χ0v) is 13.8. The standard InChI is InChI=1S/C18H15N5O3/c1-18(12-5-3-2-4-6-12)16(25)23(17(26)21-18)22-15(24)11-7-8-13-14(9-11)20-10-19-13/h2-10H,1H3,(H,19,20)(H,21,26)(H,22,24)/t18-/m1/s1. The fourth-order valence-electron chi connectivity index (χ4n) is 2.95. The Bertz CT molecular complexity index is 1030. The summed E-state index contributed by atoms with van der Waals surface area (Å²) in [5, 5.41) is 3.35. The Balaban J connectivity index is 1.59. The summed E-state index contributed by atoms with van der Waals surface area (Å²) in [4.78, 5) is 44.5. The van der Waals surface area contributed by atoms with Crippen molar-refractivity contribution in [1.29, 1.82) is 0 Å². The van der Waals surface area contributed by atoms with Crippen LogP contribution in [0.15, 0.2) is 54.9 Å². The number of aromatic nitrogens is 2. The third kappa shape index (κ3) is 2.39. The zero-order chi connectivity index (χ0) is 18.3. The molecule has 8 heteroatoms. The lowest BCUT2D eigenvalue weighted by Crippen LogP contribution is -2.47. The maximum absolute atomic E-state index is 12.8. The summed E-state index contributed by atoms with van der Waals surface area (Å²) in [7, 11) is 0. The number of urea groups is 1. The number of hydrazine groups is 1. The van der Waals surface area contributed by atoms with E-state index in [0.717, 1.165) is 0 Å². The molecule has 130 valence electrons. The van der Waals surface area contributed by atoms with E-state index < -0.39 is 23.4 Å². The number of amides is 4. The van der Waals surface area contributed by atoms with E-state index in [1.165, 1.54) is 6.33 Å². The van der Waals surface area contributed by atoms with Crippen LogP contribution in [0.3, 0.4) is 0 Å². The molecule has 1 aliphatic heterocycles. The number of benzene rings is 2. The lowest BCUT2D eigenvalue weighted by Gasteiger charge is -2.22. The van der Waals surface area contributed by atoms with E-state index in [1.54, 1.807) is 49.4 Å². The minimum atomic E-state index is -1.24. The summed E-state index contributed by atoms with van der Waals surface area (Å²) >= 11 is 0. The van der Waals surface area contributed by atoms with Crippen LogP contribution in [0.4, 0.5) is 4.79 Å². The SMILES string of the molecule is C[C@]1(c2ccccc2)NC(=O)N(NC(=O)c2ccc3nc[nH]c3c2)C1=O. The molecule has 0 bridgehead atoms. The van der Waals surface area contributed by atoms with Crippen LogP contribution in [0.2, 0.25) is 0 Å². The molecule has 1 atom stereocenters. The van der Waals surface area contributed by atoms with Crippen molar-refractivity contribution in [3.05, 3.63) is 66.0 Å². The second kappa shape index (κ2) is 5.69. The van der Waals surface area contributed by atoms with E-state index in [1.807, 2.05) is 6.07 Å². The molecular weight excluding hydrogens is 334 g/mol. The van der Waals surface area contributed by atoms with Crippen LogP contribution in [0.1, 0.15) is 22.8 Å². The van der Waals surface area contributed by atoms with Gasteiger partial charge in [0.05, 0.1) is 17.4 Å². The molecule has 2 aromatic carbocycles. The molecule has 4 amide bonds. The highest BCUT2D eigenvalue weighted by Crippen LogP contribution is 2.27. The second-order valence-corrected chi connectivity index (χ2v) is 6.14. The van der Waals surface area contributed by atoms with E-state index in [0.29, 0.717) is 27.2 Å². The number of hydrogen-bond donors (Lipinski definition) is 3. The monoisotopic (exact) mass is 349 g/mol. The van der Waals surface area contributed by atoms with Crippen molar-refractivity contribution in [2.75, 3.05) is 0 Å². The normalized spacial score (nSPS) is 19.7. The first kappa shape index (κ1) is 15.8. The van der Waals surface area contributed by atoms with Crippen molar-refractivity contribution in [2.24, 2.45) is 0 Å². The van der Waals surface area contributed by atoms with Gasteiger partial charge in [0.15, 0.2) is 0 Å². The Morgan fingerprint density at radius 3 is 2.69 bits per heavy atom. The first-order valence-electron chi connectivity index (χ1n) is 7.95. The number of carbonyl (C=O) groups excluding carboxylic acids is 3. The molecule has 3 N–H and O–H groups in total. The number of imidazole rings is 1. The molecule has 1 aliphatic rings. The van der Waals surface area contributed by atoms with Gasteiger partial charge in [0.1, 0.15) is 5.54 Å². The fraction of sp³-hybridized carbons (Fsp3) is 0.111. The van der Waals surface area contributed by atoms with E-state index in [2.05, 4.69) is 20.7 Å². The number of imide groups is 1. The van der Waals surface area contributed by atoms with Gasteiger partial charge in [-0.1, -0.05) is 30.3 Å². The number of H-pyrrole nitrogens is 1. The van der Waals surface area contributed by atoms with Crippen molar-refractivity contribution in [3.63, 3.8) is 0 Å². The Labute approximate surface area is 148 Å². The Morgan fingerprint density at radius 2 is 1.92 bits per heavy atom. The van der Waals surface area contributed by atoms with Gasteiger partial charge in [-0.2, -0.15) is 5.01 Å². The maximum Gasteiger partial charge on any atom is 0.344 e. The van der Waals surface area contributed by atoms with Gasteiger partial charge in [0, 0.05) is 5.56 Å². The molecule has 0 unspecified atom stereocenters. The highest BCUT2D eigenvalue weighted by atomic mass is 16.2. The average molecular weight is 349 g/mol. The first-order chi connectivity index (χ1) is 12.5. The van der Waals surface area contributed by atoms with Crippen molar-refractivity contribution >= 4 is 28.9 Å². The smallest absolute Gasteiger partial charge is 0.344 e. The number of aromatic amines is 1. The van der Waals surface area contributed by atoms with Gasteiger partial charge in [-0.15, -0.1) is 0 Å². The summed E-state index contributed by atoms with van der Waals surface area (Å²) < 4.78 is 0. The van der Waals surface area contributed by atoms with Crippen LogP contribution < -0.4 is 10.7 Å². The van der Waals surface area contributed by atoms with Crippen LogP contribution >= 0.6 is 0 Å². The van der Waals surface area contributed by atoms with Gasteiger partial charge in [-0.05, 0) is 30.7 Å².